The van der Waals surface area contributed by atoms with Crippen LogP contribution in [0.2, 0.25) is 0 Å². The van der Waals surface area contributed by atoms with Gasteiger partial charge in [-0.05, 0) is 19.4 Å². The van der Waals surface area contributed by atoms with Gasteiger partial charge in [0, 0.05) is 18.3 Å². The number of nitrogens with zero attached hydrogens (tertiary/aromatic N) is 2. The topological polar surface area (TPSA) is 73.1 Å². The molecule has 1 rings (SSSR count). The number of ether oxygens (including phenoxy) is 1. The van der Waals surface area contributed by atoms with Crippen molar-refractivity contribution in [3.63, 3.8) is 0 Å². The Bertz CT molecular complexity index is 305. The quantitative estimate of drug-likeness (QED) is 0.754. The Morgan fingerprint density at radius 3 is 2.87 bits per heavy atom. The van der Waals surface area contributed by atoms with Crippen LogP contribution in [0.15, 0.2) is 12.3 Å². The summed E-state index contributed by atoms with van der Waals surface area (Å²) < 4.78 is 5.01. The Kier molecular flexibility index (Phi) is 4.30. The van der Waals surface area contributed by atoms with E-state index >= 15 is 0 Å². The Balaban J connectivity index is 2.63. The first-order valence-electron chi connectivity index (χ1n) is 5.01. The number of methoxy groups -OCH3 is 1. The molecule has 0 aliphatic rings. The summed E-state index contributed by atoms with van der Waals surface area (Å²) >= 11 is 0. The summed E-state index contributed by atoms with van der Waals surface area (Å²) in [5.74, 6) is 1.50. The molecule has 0 aliphatic carbocycles. The summed E-state index contributed by atoms with van der Waals surface area (Å²) in [5, 5.41) is 3.19. The molecule has 3 N–H and O–H groups in total. The first-order chi connectivity index (χ1) is 7.17. The molecule has 2 atom stereocenters. The van der Waals surface area contributed by atoms with E-state index in [1.807, 2.05) is 0 Å². The SMILES string of the molecule is COc1ccnc(NC(C)C(C)CN)n1. The van der Waals surface area contributed by atoms with Crippen LogP contribution in [0.4, 0.5) is 5.95 Å². The molecule has 1 aromatic heterocycles. The van der Waals surface area contributed by atoms with E-state index in [0.29, 0.717) is 24.3 Å². The van der Waals surface area contributed by atoms with Crippen LogP contribution in [0.25, 0.3) is 0 Å². The van der Waals surface area contributed by atoms with Crippen molar-refractivity contribution in [1.82, 2.24) is 9.97 Å². The molecule has 84 valence electrons. The van der Waals surface area contributed by atoms with Crippen molar-refractivity contribution < 1.29 is 4.74 Å². The summed E-state index contributed by atoms with van der Waals surface area (Å²) in [6.07, 6.45) is 1.66. The summed E-state index contributed by atoms with van der Waals surface area (Å²) in [5.41, 5.74) is 5.58. The Hall–Kier alpha value is -1.36. The molecule has 0 radical (unpaired) electrons. The van der Waals surface area contributed by atoms with Crippen LogP contribution in [0.1, 0.15) is 13.8 Å². The second-order valence-electron chi connectivity index (χ2n) is 3.57. The highest BCUT2D eigenvalue weighted by atomic mass is 16.5. The average molecular weight is 210 g/mol. The van der Waals surface area contributed by atoms with Crippen LogP contribution in [0, 0.1) is 5.92 Å². The van der Waals surface area contributed by atoms with Gasteiger partial charge in [-0.15, -0.1) is 0 Å². The average Bonchev–Trinajstić information content (AvgIpc) is 2.28. The van der Waals surface area contributed by atoms with Gasteiger partial charge in [0.1, 0.15) is 0 Å². The molecule has 0 saturated heterocycles. The first kappa shape index (κ1) is 11.7. The maximum absolute atomic E-state index is 5.58. The summed E-state index contributed by atoms with van der Waals surface area (Å²) in [4.78, 5) is 8.26. The van der Waals surface area contributed by atoms with Gasteiger partial charge >= 0.3 is 0 Å². The van der Waals surface area contributed by atoms with Gasteiger partial charge in [-0.2, -0.15) is 4.98 Å². The van der Waals surface area contributed by atoms with E-state index in [2.05, 4.69) is 29.1 Å². The normalized spacial score (nSPS) is 14.4. The lowest BCUT2D eigenvalue weighted by molar-refractivity contribution is 0.397. The lowest BCUT2D eigenvalue weighted by Gasteiger charge is -2.19. The van der Waals surface area contributed by atoms with Crippen molar-refractivity contribution in [3.8, 4) is 5.88 Å². The third-order valence-electron chi connectivity index (χ3n) is 2.42. The van der Waals surface area contributed by atoms with Crippen LogP contribution in [0.5, 0.6) is 5.88 Å². The van der Waals surface area contributed by atoms with Crippen molar-refractivity contribution in [2.75, 3.05) is 19.0 Å². The number of nitrogens with two attached hydrogens (primary N) is 1. The molecule has 0 bridgehead atoms. The third kappa shape index (κ3) is 3.36. The molecule has 0 saturated carbocycles. The van der Waals surface area contributed by atoms with E-state index in [-0.39, 0.29) is 6.04 Å². The molecule has 0 amide bonds. The largest absolute Gasteiger partial charge is 0.481 e. The number of anilines is 1. The minimum Gasteiger partial charge on any atom is -0.481 e. The molecule has 0 spiro atoms. The van der Waals surface area contributed by atoms with Crippen molar-refractivity contribution in [2.24, 2.45) is 11.7 Å². The highest BCUT2D eigenvalue weighted by molar-refractivity contribution is 5.28. The molecular formula is C10H18N4O. The lowest BCUT2D eigenvalue weighted by atomic mass is 10.0. The van der Waals surface area contributed by atoms with E-state index in [1.54, 1.807) is 19.4 Å². The molecule has 0 aromatic carbocycles. The summed E-state index contributed by atoms with van der Waals surface area (Å²) in [7, 11) is 1.58. The lowest BCUT2D eigenvalue weighted by Crippen LogP contribution is -2.30. The highest BCUT2D eigenvalue weighted by Crippen LogP contribution is 2.10. The molecule has 1 heterocycles. The van der Waals surface area contributed by atoms with Crippen molar-refractivity contribution in [1.29, 1.82) is 0 Å². The standard InChI is InChI=1S/C10H18N4O/c1-7(6-11)8(2)13-10-12-5-4-9(14-10)15-3/h4-5,7-8H,6,11H2,1-3H3,(H,12,13,14). The maximum Gasteiger partial charge on any atom is 0.226 e. The van der Waals surface area contributed by atoms with E-state index in [4.69, 9.17) is 10.5 Å². The van der Waals surface area contributed by atoms with Gasteiger partial charge in [0.2, 0.25) is 11.8 Å². The molecule has 15 heavy (non-hydrogen) atoms. The third-order valence-corrected chi connectivity index (χ3v) is 2.42. The number of aromatic nitrogens is 2. The Morgan fingerprint density at radius 1 is 1.53 bits per heavy atom. The fourth-order valence-electron chi connectivity index (χ4n) is 1.08. The number of hydrogen-bond donors (Lipinski definition) is 2. The smallest absolute Gasteiger partial charge is 0.226 e. The molecule has 0 aliphatic heterocycles. The number of rotatable bonds is 5. The fourth-order valence-corrected chi connectivity index (χ4v) is 1.08. The van der Waals surface area contributed by atoms with Gasteiger partial charge in [-0.1, -0.05) is 6.92 Å². The molecule has 5 heteroatoms. The first-order valence-corrected chi connectivity index (χ1v) is 5.01. The van der Waals surface area contributed by atoms with E-state index in [1.165, 1.54) is 0 Å². The van der Waals surface area contributed by atoms with Gasteiger partial charge in [-0.3, -0.25) is 0 Å². The van der Waals surface area contributed by atoms with Crippen LogP contribution in [0.3, 0.4) is 0 Å². The van der Waals surface area contributed by atoms with E-state index in [0.717, 1.165) is 0 Å². The summed E-state index contributed by atoms with van der Waals surface area (Å²) in [6.45, 7) is 4.77. The minimum atomic E-state index is 0.238. The van der Waals surface area contributed by atoms with E-state index in [9.17, 15) is 0 Å². The molecule has 0 fully saturated rings. The second kappa shape index (κ2) is 5.50. The zero-order valence-corrected chi connectivity index (χ0v) is 9.40. The second-order valence-corrected chi connectivity index (χ2v) is 3.57. The van der Waals surface area contributed by atoms with Crippen molar-refractivity contribution >= 4 is 5.95 Å². The number of nitrogens with one attached hydrogen (secondary N) is 1. The van der Waals surface area contributed by atoms with Gasteiger partial charge in [-0.25, -0.2) is 4.98 Å². The fraction of sp³-hybridized carbons (Fsp3) is 0.600. The Labute approximate surface area is 90.1 Å². The van der Waals surface area contributed by atoms with Crippen LogP contribution in [-0.2, 0) is 0 Å². The molecule has 2 unspecified atom stereocenters. The molecule has 1 aromatic rings. The monoisotopic (exact) mass is 210 g/mol. The van der Waals surface area contributed by atoms with Gasteiger partial charge < -0.3 is 15.8 Å². The predicted molar refractivity (Wildman–Crippen MR) is 59.9 cm³/mol. The van der Waals surface area contributed by atoms with Crippen LogP contribution in [-0.4, -0.2) is 29.7 Å². The van der Waals surface area contributed by atoms with Gasteiger partial charge in [0.25, 0.3) is 0 Å². The van der Waals surface area contributed by atoms with Gasteiger partial charge in [0.05, 0.1) is 7.11 Å². The predicted octanol–water partition coefficient (Wildman–Crippen LogP) is 0.880. The maximum atomic E-state index is 5.58. The summed E-state index contributed by atoms with van der Waals surface area (Å²) in [6, 6.07) is 1.95. The molecule has 5 nitrogen and oxygen atoms in total. The zero-order chi connectivity index (χ0) is 11.3. The highest BCUT2D eigenvalue weighted by Gasteiger charge is 2.11. The zero-order valence-electron chi connectivity index (χ0n) is 9.40. The van der Waals surface area contributed by atoms with Crippen molar-refractivity contribution in [3.05, 3.63) is 12.3 Å². The Morgan fingerprint density at radius 2 is 2.27 bits per heavy atom. The van der Waals surface area contributed by atoms with Crippen molar-refractivity contribution in [2.45, 2.75) is 19.9 Å². The molecular weight excluding hydrogens is 192 g/mol. The number of hydrogen-bond acceptors (Lipinski definition) is 5. The van der Waals surface area contributed by atoms with Crippen LogP contribution >= 0.6 is 0 Å². The minimum absolute atomic E-state index is 0.238. The van der Waals surface area contributed by atoms with E-state index < -0.39 is 0 Å². The van der Waals surface area contributed by atoms with Crippen LogP contribution < -0.4 is 15.8 Å². The van der Waals surface area contributed by atoms with Gasteiger partial charge in [0.15, 0.2) is 0 Å².